The van der Waals surface area contributed by atoms with Crippen LogP contribution in [0, 0.1) is 12.3 Å². The molecule has 23 heavy (non-hydrogen) atoms. The van der Waals surface area contributed by atoms with Gasteiger partial charge in [0.05, 0.1) is 5.02 Å². The van der Waals surface area contributed by atoms with E-state index in [1.807, 2.05) is 30.9 Å². The van der Waals surface area contributed by atoms with Crippen LogP contribution in [-0.2, 0) is 4.79 Å². The molecule has 0 radical (unpaired) electrons. The molecule has 2 aliphatic rings. The fourth-order valence-electron chi connectivity index (χ4n) is 3.62. The van der Waals surface area contributed by atoms with E-state index in [0.29, 0.717) is 16.2 Å². The van der Waals surface area contributed by atoms with E-state index in [9.17, 15) is 4.79 Å². The van der Waals surface area contributed by atoms with Gasteiger partial charge in [0.1, 0.15) is 5.75 Å². The van der Waals surface area contributed by atoms with Crippen molar-refractivity contribution in [2.45, 2.75) is 39.2 Å². The Hall–Kier alpha value is -1.26. The van der Waals surface area contributed by atoms with Gasteiger partial charge in [-0.15, -0.1) is 0 Å². The largest absolute Gasteiger partial charge is 0.479 e. The van der Waals surface area contributed by atoms with Crippen LogP contribution < -0.4 is 10.1 Å². The first-order valence-electron chi connectivity index (χ1n) is 8.41. The summed E-state index contributed by atoms with van der Waals surface area (Å²) in [7, 11) is 0. The summed E-state index contributed by atoms with van der Waals surface area (Å²) in [5.74, 6) is 0.643. The fourth-order valence-corrected chi connectivity index (χ4v) is 3.78. The summed E-state index contributed by atoms with van der Waals surface area (Å²) in [5, 5.41) is 4.00. The van der Waals surface area contributed by atoms with Gasteiger partial charge in [0.25, 0.3) is 5.91 Å². The smallest absolute Gasteiger partial charge is 0.263 e. The number of likely N-dealkylation sites (tertiary alicyclic amines) is 1. The van der Waals surface area contributed by atoms with Crippen LogP contribution in [0.15, 0.2) is 18.2 Å². The minimum atomic E-state index is -0.509. The summed E-state index contributed by atoms with van der Waals surface area (Å²) in [5.41, 5.74) is 1.48. The van der Waals surface area contributed by atoms with E-state index in [1.54, 1.807) is 6.07 Å². The molecule has 2 aliphatic heterocycles. The number of hydrogen-bond acceptors (Lipinski definition) is 3. The highest BCUT2D eigenvalue weighted by atomic mass is 35.5. The number of rotatable bonds is 3. The predicted octanol–water partition coefficient (Wildman–Crippen LogP) is 3.02. The molecule has 2 heterocycles. The lowest BCUT2D eigenvalue weighted by atomic mass is 9.78. The van der Waals surface area contributed by atoms with E-state index in [4.69, 9.17) is 16.3 Å². The van der Waals surface area contributed by atoms with E-state index < -0.39 is 6.10 Å². The van der Waals surface area contributed by atoms with Gasteiger partial charge >= 0.3 is 0 Å². The zero-order valence-corrected chi connectivity index (χ0v) is 14.7. The third-order valence-corrected chi connectivity index (χ3v) is 5.52. The quantitative estimate of drug-likeness (QED) is 0.922. The molecule has 126 valence electrons. The minimum absolute atomic E-state index is 0.0587. The van der Waals surface area contributed by atoms with Crippen LogP contribution in [0.2, 0.25) is 5.02 Å². The van der Waals surface area contributed by atoms with Crippen LogP contribution in [-0.4, -0.2) is 43.1 Å². The predicted molar refractivity (Wildman–Crippen MR) is 92.0 cm³/mol. The lowest BCUT2D eigenvalue weighted by Gasteiger charge is -2.39. The molecule has 0 saturated carbocycles. The van der Waals surface area contributed by atoms with Crippen molar-refractivity contribution in [1.29, 1.82) is 0 Å². The number of hydrogen-bond donors (Lipinski definition) is 1. The second-order valence-electron chi connectivity index (χ2n) is 6.95. The number of amides is 1. The van der Waals surface area contributed by atoms with Gasteiger partial charge in [-0.25, -0.2) is 0 Å². The van der Waals surface area contributed by atoms with Gasteiger partial charge in [0.2, 0.25) is 0 Å². The summed E-state index contributed by atoms with van der Waals surface area (Å²) in [6.07, 6.45) is 2.90. The van der Waals surface area contributed by atoms with Crippen LogP contribution in [0.4, 0.5) is 0 Å². The molecule has 0 bridgehead atoms. The summed E-state index contributed by atoms with van der Waals surface area (Å²) in [4.78, 5) is 14.6. The molecule has 1 amide bonds. The average molecular weight is 337 g/mol. The van der Waals surface area contributed by atoms with Crippen molar-refractivity contribution in [2.24, 2.45) is 5.41 Å². The summed E-state index contributed by atoms with van der Waals surface area (Å²) >= 11 is 6.16. The van der Waals surface area contributed by atoms with Gasteiger partial charge in [0, 0.05) is 19.6 Å². The van der Waals surface area contributed by atoms with Crippen molar-refractivity contribution in [3.05, 3.63) is 28.8 Å². The minimum Gasteiger partial charge on any atom is -0.479 e. The third kappa shape index (κ3) is 3.64. The van der Waals surface area contributed by atoms with Gasteiger partial charge in [-0.3, -0.25) is 4.79 Å². The molecule has 2 fully saturated rings. The highest BCUT2D eigenvalue weighted by Crippen LogP contribution is 2.37. The van der Waals surface area contributed by atoms with Crippen molar-refractivity contribution in [1.82, 2.24) is 10.2 Å². The number of nitrogens with one attached hydrogen (secondary N) is 1. The standard InChI is InChI=1S/C18H25ClN2O2/c1-13-3-4-15(19)16(11-13)23-14(2)17(22)21-9-6-18(7-10-21)5-8-20-12-18/h3-4,11,14,20H,5-10,12H2,1-2H3. The first-order valence-corrected chi connectivity index (χ1v) is 8.79. The number of aryl methyl sites for hydroxylation is 1. The molecule has 0 aliphatic carbocycles. The molecule has 5 heteroatoms. The van der Waals surface area contributed by atoms with Crippen LogP contribution in [0.5, 0.6) is 5.75 Å². The Balaban J connectivity index is 1.58. The molecule has 3 rings (SSSR count). The third-order valence-electron chi connectivity index (χ3n) is 5.21. The van der Waals surface area contributed by atoms with Crippen molar-refractivity contribution in [3.63, 3.8) is 0 Å². The van der Waals surface area contributed by atoms with Crippen molar-refractivity contribution in [3.8, 4) is 5.75 Å². The number of nitrogens with zero attached hydrogens (tertiary/aromatic N) is 1. The summed E-state index contributed by atoms with van der Waals surface area (Å²) in [6, 6.07) is 5.62. The Morgan fingerprint density at radius 1 is 1.35 bits per heavy atom. The van der Waals surface area contributed by atoms with Crippen molar-refractivity contribution >= 4 is 17.5 Å². The second-order valence-corrected chi connectivity index (χ2v) is 7.35. The number of ether oxygens (including phenoxy) is 1. The van der Waals surface area contributed by atoms with Crippen LogP contribution >= 0.6 is 11.6 Å². The highest BCUT2D eigenvalue weighted by Gasteiger charge is 2.38. The van der Waals surface area contributed by atoms with Gasteiger partial charge in [-0.2, -0.15) is 0 Å². The first-order chi connectivity index (χ1) is 11.0. The number of carbonyl (C=O) groups is 1. The molecule has 1 unspecified atom stereocenters. The topological polar surface area (TPSA) is 41.6 Å². The van der Waals surface area contributed by atoms with Crippen molar-refractivity contribution < 1.29 is 9.53 Å². The average Bonchev–Trinajstić information content (AvgIpc) is 2.99. The molecule has 1 atom stereocenters. The van der Waals surface area contributed by atoms with Crippen molar-refractivity contribution in [2.75, 3.05) is 26.2 Å². The fraction of sp³-hybridized carbons (Fsp3) is 0.611. The van der Waals surface area contributed by atoms with Crippen LogP contribution in [0.1, 0.15) is 31.7 Å². The number of benzene rings is 1. The second kappa shape index (κ2) is 6.70. The zero-order chi connectivity index (χ0) is 16.4. The maximum Gasteiger partial charge on any atom is 0.263 e. The lowest BCUT2D eigenvalue weighted by molar-refractivity contribution is -0.140. The number of carbonyl (C=O) groups excluding carboxylic acids is 1. The maximum atomic E-state index is 12.6. The Morgan fingerprint density at radius 3 is 2.74 bits per heavy atom. The molecular weight excluding hydrogens is 312 g/mol. The van der Waals surface area contributed by atoms with E-state index >= 15 is 0 Å². The van der Waals surface area contributed by atoms with Gasteiger partial charge in [-0.1, -0.05) is 17.7 Å². The molecule has 1 aromatic rings. The summed E-state index contributed by atoms with van der Waals surface area (Å²) < 4.78 is 5.82. The maximum absolute atomic E-state index is 12.6. The van der Waals surface area contributed by atoms with Gasteiger partial charge in [-0.05, 0) is 62.8 Å². The molecule has 1 N–H and O–H groups in total. The van der Waals surface area contributed by atoms with Crippen LogP contribution in [0.3, 0.4) is 0 Å². The molecule has 0 aromatic heterocycles. The lowest BCUT2D eigenvalue weighted by Crippen LogP contribution is -2.48. The number of halogens is 1. The first kappa shape index (κ1) is 16.6. The van der Waals surface area contributed by atoms with E-state index in [2.05, 4.69) is 5.32 Å². The number of piperidine rings is 1. The van der Waals surface area contributed by atoms with Gasteiger partial charge in [0.15, 0.2) is 6.10 Å². The summed E-state index contributed by atoms with van der Waals surface area (Å²) in [6.45, 7) is 7.66. The Bertz CT molecular complexity index is 574. The normalized spacial score (nSPS) is 21.4. The van der Waals surface area contributed by atoms with Crippen LogP contribution in [0.25, 0.3) is 0 Å². The Morgan fingerprint density at radius 2 is 2.09 bits per heavy atom. The van der Waals surface area contributed by atoms with E-state index in [-0.39, 0.29) is 5.91 Å². The monoisotopic (exact) mass is 336 g/mol. The Kier molecular flexibility index (Phi) is 4.83. The Labute approximate surface area is 143 Å². The van der Waals surface area contributed by atoms with E-state index in [0.717, 1.165) is 44.6 Å². The molecule has 4 nitrogen and oxygen atoms in total. The highest BCUT2D eigenvalue weighted by molar-refractivity contribution is 6.32. The molecular formula is C18H25ClN2O2. The molecule has 1 spiro atoms. The molecule has 1 aromatic carbocycles. The SMILES string of the molecule is Cc1ccc(Cl)c(OC(C)C(=O)N2CCC3(CCNC3)CC2)c1. The molecule has 2 saturated heterocycles. The zero-order valence-electron chi connectivity index (χ0n) is 13.9. The van der Waals surface area contributed by atoms with E-state index in [1.165, 1.54) is 6.42 Å². The van der Waals surface area contributed by atoms with Gasteiger partial charge < -0.3 is 15.0 Å².